The number of urea groups is 1. The van der Waals surface area contributed by atoms with Crippen LogP contribution in [0.3, 0.4) is 0 Å². The second kappa shape index (κ2) is 8.15. The van der Waals surface area contributed by atoms with E-state index >= 15 is 0 Å². The average molecular weight is 305 g/mol. The molecule has 1 saturated heterocycles. The van der Waals surface area contributed by atoms with Gasteiger partial charge >= 0.3 is 6.03 Å². The molecule has 2 amide bonds. The van der Waals surface area contributed by atoms with Crippen LogP contribution in [0.25, 0.3) is 0 Å². The Labute approximate surface area is 132 Å². The van der Waals surface area contributed by atoms with E-state index in [9.17, 15) is 4.79 Å². The summed E-state index contributed by atoms with van der Waals surface area (Å²) in [5.41, 5.74) is 1.30. The quantitative estimate of drug-likeness (QED) is 0.750. The van der Waals surface area contributed by atoms with E-state index in [1.807, 2.05) is 13.0 Å². The van der Waals surface area contributed by atoms with Crippen molar-refractivity contribution in [3.05, 3.63) is 35.9 Å². The van der Waals surface area contributed by atoms with Gasteiger partial charge in [-0.1, -0.05) is 30.3 Å². The van der Waals surface area contributed by atoms with Crippen molar-refractivity contribution in [2.45, 2.75) is 51.4 Å². The third kappa shape index (κ3) is 5.00. The molecule has 1 aromatic rings. The first-order valence-electron chi connectivity index (χ1n) is 8.04. The zero-order chi connectivity index (χ0) is 15.9. The van der Waals surface area contributed by atoms with Gasteiger partial charge in [0.1, 0.15) is 0 Å². The predicted molar refractivity (Wildman–Crippen MR) is 87.6 cm³/mol. The number of likely N-dealkylation sites (tertiary alicyclic amines) is 1. The summed E-state index contributed by atoms with van der Waals surface area (Å²) in [7, 11) is 0. The molecular formula is C17H27N3O2. The molecule has 5 heteroatoms. The smallest absolute Gasteiger partial charge is 0.315 e. The zero-order valence-electron chi connectivity index (χ0n) is 13.5. The first-order chi connectivity index (χ1) is 10.6. The lowest BCUT2D eigenvalue weighted by Crippen LogP contribution is -2.46. The van der Waals surface area contributed by atoms with Gasteiger partial charge in [-0.05, 0) is 32.3 Å². The Morgan fingerprint density at radius 3 is 2.82 bits per heavy atom. The zero-order valence-corrected chi connectivity index (χ0v) is 13.5. The van der Waals surface area contributed by atoms with E-state index < -0.39 is 0 Å². The number of hydrogen-bond acceptors (Lipinski definition) is 3. The fourth-order valence-corrected chi connectivity index (χ4v) is 2.96. The molecule has 0 aliphatic carbocycles. The largest absolute Gasteiger partial charge is 0.396 e. The van der Waals surface area contributed by atoms with Gasteiger partial charge in [0.05, 0.1) is 0 Å². The van der Waals surface area contributed by atoms with Crippen LogP contribution in [-0.4, -0.2) is 47.3 Å². The Morgan fingerprint density at radius 1 is 1.41 bits per heavy atom. The maximum atomic E-state index is 11.9. The van der Waals surface area contributed by atoms with E-state index in [4.69, 9.17) is 5.11 Å². The molecule has 22 heavy (non-hydrogen) atoms. The van der Waals surface area contributed by atoms with Crippen LogP contribution in [0.4, 0.5) is 4.79 Å². The van der Waals surface area contributed by atoms with Crippen LogP contribution < -0.4 is 10.6 Å². The molecule has 0 saturated carbocycles. The van der Waals surface area contributed by atoms with Crippen molar-refractivity contribution in [2.75, 3.05) is 13.2 Å². The van der Waals surface area contributed by atoms with Crippen LogP contribution >= 0.6 is 0 Å². The Bertz CT molecular complexity index is 466. The number of aliphatic hydroxyl groups is 1. The van der Waals surface area contributed by atoms with E-state index in [0.29, 0.717) is 12.5 Å². The van der Waals surface area contributed by atoms with Crippen LogP contribution in [0.2, 0.25) is 0 Å². The van der Waals surface area contributed by atoms with Gasteiger partial charge in [-0.3, -0.25) is 4.90 Å². The number of aliphatic hydroxyl groups excluding tert-OH is 1. The molecular weight excluding hydrogens is 278 g/mol. The molecule has 0 spiro atoms. The molecule has 2 unspecified atom stereocenters. The maximum Gasteiger partial charge on any atom is 0.315 e. The summed E-state index contributed by atoms with van der Waals surface area (Å²) in [5.74, 6) is 0. The highest BCUT2D eigenvalue weighted by Crippen LogP contribution is 2.20. The summed E-state index contributed by atoms with van der Waals surface area (Å²) in [6.07, 6.45) is 1.54. The van der Waals surface area contributed by atoms with Crippen LogP contribution in [-0.2, 0) is 6.54 Å². The lowest BCUT2D eigenvalue weighted by Gasteiger charge is -2.21. The van der Waals surface area contributed by atoms with E-state index in [0.717, 1.165) is 19.5 Å². The summed E-state index contributed by atoms with van der Waals surface area (Å²) < 4.78 is 0. The van der Waals surface area contributed by atoms with Crippen molar-refractivity contribution in [2.24, 2.45) is 0 Å². The first kappa shape index (κ1) is 16.8. The van der Waals surface area contributed by atoms with Gasteiger partial charge in [0, 0.05) is 37.8 Å². The molecule has 0 radical (unpaired) electrons. The normalized spacial score (nSPS) is 23.2. The number of hydrogen-bond donors (Lipinski definition) is 3. The summed E-state index contributed by atoms with van der Waals surface area (Å²) in [4.78, 5) is 14.3. The number of rotatable bonds is 6. The van der Waals surface area contributed by atoms with E-state index in [-0.39, 0.29) is 24.7 Å². The number of carbonyl (C=O) groups excluding carboxylic acids is 1. The highest BCUT2D eigenvalue weighted by molar-refractivity contribution is 5.74. The molecule has 0 aromatic heterocycles. The number of nitrogens with one attached hydrogen (secondary N) is 2. The second-order valence-electron chi connectivity index (χ2n) is 6.23. The molecule has 0 bridgehead atoms. The summed E-state index contributed by atoms with van der Waals surface area (Å²) in [5, 5.41) is 14.8. The highest BCUT2D eigenvalue weighted by atomic mass is 16.3. The number of carbonyl (C=O) groups is 1. The first-order valence-corrected chi connectivity index (χ1v) is 8.04. The average Bonchev–Trinajstić information content (AvgIpc) is 2.79. The van der Waals surface area contributed by atoms with Gasteiger partial charge in [0.2, 0.25) is 0 Å². The summed E-state index contributed by atoms with van der Waals surface area (Å²) >= 11 is 0. The third-order valence-electron chi connectivity index (χ3n) is 4.21. The standard InChI is InChI=1S/C17H27N3O2/c1-13(8-9-21)18-17(22)19-16-10-14(2)20(12-16)11-15-6-4-3-5-7-15/h3-7,13-14,16,21H,8-12H2,1-2H3,(H2,18,19,22)/t13-,14?,16?/m1/s1. The van der Waals surface area contributed by atoms with Crippen LogP contribution in [0.5, 0.6) is 0 Å². The molecule has 1 heterocycles. The minimum Gasteiger partial charge on any atom is -0.396 e. The fourth-order valence-electron chi connectivity index (χ4n) is 2.96. The van der Waals surface area contributed by atoms with E-state index in [1.165, 1.54) is 5.56 Å². The lowest BCUT2D eigenvalue weighted by atomic mass is 10.2. The maximum absolute atomic E-state index is 11.9. The Kier molecular flexibility index (Phi) is 6.21. The molecule has 3 N–H and O–H groups in total. The van der Waals surface area contributed by atoms with Crippen molar-refractivity contribution in [1.82, 2.24) is 15.5 Å². The van der Waals surface area contributed by atoms with Crippen molar-refractivity contribution < 1.29 is 9.90 Å². The molecule has 1 fully saturated rings. The predicted octanol–water partition coefficient (Wildman–Crippen LogP) is 1.72. The molecule has 1 aromatic carbocycles. The molecule has 122 valence electrons. The van der Waals surface area contributed by atoms with Gasteiger partial charge in [-0.2, -0.15) is 0 Å². The summed E-state index contributed by atoms with van der Waals surface area (Å²) in [6.45, 7) is 5.99. The van der Waals surface area contributed by atoms with Gasteiger partial charge in [-0.25, -0.2) is 4.79 Å². The van der Waals surface area contributed by atoms with Crippen molar-refractivity contribution in [1.29, 1.82) is 0 Å². The van der Waals surface area contributed by atoms with Crippen LogP contribution in [0.1, 0.15) is 32.3 Å². The Morgan fingerprint density at radius 2 is 2.14 bits per heavy atom. The second-order valence-corrected chi connectivity index (χ2v) is 6.23. The topological polar surface area (TPSA) is 64.6 Å². The van der Waals surface area contributed by atoms with E-state index in [1.54, 1.807) is 0 Å². The molecule has 5 nitrogen and oxygen atoms in total. The Balaban J connectivity index is 1.79. The SMILES string of the molecule is CC1CC(NC(=O)N[C@H](C)CCO)CN1Cc1ccccc1. The van der Waals surface area contributed by atoms with Crippen molar-refractivity contribution >= 4 is 6.03 Å². The number of amides is 2. The highest BCUT2D eigenvalue weighted by Gasteiger charge is 2.29. The monoisotopic (exact) mass is 305 g/mol. The van der Waals surface area contributed by atoms with E-state index in [2.05, 4.69) is 46.7 Å². The van der Waals surface area contributed by atoms with Gasteiger partial charge in [-0.15, -0.1) is 0 Å². The molecule has 1 aliphatic heterocycles. The third-order valence-corrected chi connectivity index (χ3v) is 4.21. The molecule has 1 aliphatic rings. The summed E-state index contributed by atoms with van der Waals surface area (Å²) in [6, 6.07) is 10.9. The number of nitrogens with zero attached hydrogens (tertiary/aromatic N) is 1. The van der Waals surface area contributed by atoms with Crippen molar-refractivity contribution in [3.8, 4) is 0 Å². The lowest BCUT2D eigenvalue weighted by molar-refractivity contribution is 0.226. The number of benzene rings is 1. The minimum absolute atomic E-state index is 0.00996. The fraction of sp³-hybridized carbons (Fsp3) is 0.588. The van der Waals surface area contributed by atoms with Crippen LogP contribution in [0.15, 0.2) is 30.3 Å². The van der Waals surface area contributed by atoms with Gasteiger partial charge in [0.15, 0.2) is 0 Å². The van der Waals surface area contributed by atoms with Gasteiger partial charge < -0.3 is 15.7 Å². The minimum atomic E-state index is -0.139. The molecule has 3 atom stereocenters. The van der Waals surface area contributed by atoms with Crippen LogP contribution in [0, 0.1) is 0 Å². The van der Waals surface area contributed by atoms with Gasteiger partial charge in [0.25, 0.3) is 0 Å². The van der Waals surface area contributed by atoms with Crippen molar-refractivity contribution in [3.63, 3.8) is 0 Å². The molecule has 2 rings (SSSR count). The Hall–Kier alpha value is -1.59.